The van der Waals surface area contributed by atoms with E-state index >= 15 is 0 Å². The van der Waals surface area contributed by atoms with Crippen LogP contribution in [0.15, 0.2) is 65.6 Å². The average Bonchev–Trinajstić information content (AvgIpc) is 2.66. The van der Waals surface area contributed by atoms with Gasteiger partial charge in [0.15, 0.2) is 9.84 Å². The van der Waals surface area contributed by atoms with Gasteiger partial charge in [-0.2, -0.15) is 0 Å². The van der Waals surface area contributed by atoms with Crippen molar-refractivity contribution in [3.8, 4) is 0 Å². The van der Waals surface area contributed by atoms with Gasteiger partial charge in [-0.3, -0.25) is 4.79 Å². The number of sulfone groups is 1. The molecule has 0 spiro atoms. The number of hydrogen-bond donors (Lipinski definition) is 1. The molecule has 1 N–H and O–H groups in total. The second-order valence-electron chi connectivity index (χ2n) is 5.73. The molecular formula is C19H21NO5S. The van der Waals surface area contributed by atoms with Gasteiger partial charge in [-0.05, 0) is 24.1 Å². The predicted molar refractivity (Wildman–Crippen MR) is 97.2 cm³/mol. The second-order valence-corrected chi connectivity index (χ2v) is 7.84. The molecule has 1 amide bonds. The Hall–Kier alpha value is -2.67. The number of ether oxygens (including phenoxy) is 1. The smallest absolute Gasteiger partial charge is 0.328 e. The summed E-state index contributed by atoms with van der Waals surface area (Å²) in [6, 6.07) is 16.0. The summed E-state index contributed by atoms with van der Waals surface area (Å²) < 4.78 is 29.4. The summed E-state index contributed by atoms with van der Waals surface area (Å²) in [7, 11) is -2.35. The van der Waals surface area contributed by atoms with E-state index in [0.717, 1.165) is 5.56 Å². The zero-order valence-electron chi connectivity index (χ0n) is 14.4. The molecule has 0 radical (unpaired) electrons. The number of carbonyl (C=O) groups is 2. The lowest BCUT2D eigenvalue weighted by atomic mass is 10.1. The van der Waals surface area contributed by atoms with Crippen molar-refractivity contribution in [2.75, 3.05) is 12.9 Å². The summed E-state index contributed by atoms with van der Waals surface area (Å²) >= 11 is 0. The SMILES string of the molecule is COC(=O)[C@H](CCS(=O)(=O)c1ccccc1)NC(=O)Cc1ccccc1. The Morgan fingerprint density at radius 3 is 2.15 bits per heavy atom. The third-order valence-corrected chi connectivity index (χ3v) is 5.57. The standard InChI is InChI=1S/C19H21NO5S/c1-25-19(22)17(20-18(21)14-15-8-4-2-5-9-15)12-13-26(23,24)16-10-6-3-7-11-16/h2-11,17H,12-14H2,1H3,(H,20,21)/t17-/m0/s1. The van der Waals surface area contributed by atoms with Crippen molar-refractivity contribution in [3.05, 3.63) is 66.2 Å². The summed E-state index contributed by atoms with van der Waals surface area (Å²) in [6.07, 6.45) is 0.0319. The van der Waals surface area contributed by atoms with Crippen LogP contribution in [0.1, 0.15) is 12.0 Å². The molecule has 7 heteroatoms. The first-order valence-corrected chi connectivity index (χ1v) is 9.76. The summed E-state index contributed by atoms with van der Waals surface area (Å²) in [4.78, 5) is 24.3. The van der Waals surface area contributed by atoms with Crippen LogP contribution in [0.5, 0.6) is 0 Å². The van der Waals surface area contributed by atoms with E-state index in [-0.39, 0.29) is 29.4 Å². The molecule has 0 saturated heterocycles. The van der Waals surface area contributed by atoms with Crippen molar-refractivity contribution in [1.82, 2.24) is 5.32 Å². The maximum Gasteiger partial charge on any atom is 0.328 e. The summed E-state index contributed by atoms with van der Waals surface area (Å²) in [6.45, 7) is 0. The maximum atomic E-state index is 12.4. The highest BCUT2D eigenvalue weighted by Gasteiger charge is 2.25. The first-order chi connectivity index (χ1) is 12.4. The third-order valence-electron chi connectivity index (χ3n) is 3.81. The van der Waals surface area contributed by atoms with E-state index in [4.69, 9.17) is 0 Å². The van der Waals surface area contributed by atoms with Crippen LogP contribution >= 0.6 is 0 Å². The van der Waals surface area contributed by atoms with Crippen LogP contribution in [0, 0.1) is 0 Å². The van der Waals surface area contributed by atoms with Crippen LogP contribution in [-0.4, -0.2) is 39.2 Å². The monoisotopic (exact) mass is 375 g/mol. The van der Waals surface area contributed by atoms with Gasteiger partial charge in [0.1, 0.15) is 6.04 Å². The Balaban J connectivity index is 2.01. The van der Waals surface area contributed by atoms with Gasteiger partial charge in [0.25, 0.3) is 0 Å². The molecule has 0 heterocycles. The minimum atomic E-state index is -3.55. The number of esters is 1. The van der Waals surface area contributed by atoms with Gasteiger partial charge in [-0.15, -0.1) is 0 Å². The van der Waals surface area contributed by atoms with Gasteiger partial charge in [0.05, 0.1) is 24.2 Å². The second kappa shape index (κ2) is 9.15. The van der Waals surface area contributed by atoms with Crippen LogP contribution in [0.3, 0.4) is 0 Å². The molecule has 26 heavy (non-hydrogen) atoms. The molecule has 6 nitrogen and oxygen atoms in total. The topological polar surface area (TPSA) is 89.5 Å². The highest BCUT2D eigenvalue weighted by atomic mass is 32.2. The number of amides is 1. The van der Waals surface area contributed by atoms with E-state index in [9.17, 15) is 18.0 Å². The molecule has 0 aliphatic heterocycles. The number of carbonyl (C=O) groups excluding carboxylic acids is 2. The van der Waals surface area contributed by atoms with E-state index in [1.54, 1.807) is 30.3 Å². The van der Waals surface area contributed by atoms with Crippen molar-refractivity contribution >= 4 is 21.7 Å². The van der Waals surface area contributed by atoms with Crippen LogP contribution in [0.4, 0.5) is 0 Å². The van der Waals surface area contributed by atoms with Crippen molar-refractivity contribution in [3.63, 3.8) is 0 Å². The molecule has 0 fully saturated rings. The molecular weight excluding hydrogens is 354 g/mol. The average molecular weight is 375 g/mol. The van der Waals surface area contributed by atoms with Crippen LogP contribution in [0.2, 0.25) is 0 Å². The van der Waals surface area contributed by atoms with Gasteiger partial charge in [0, 0.05) is 0 Å². The van der Waals surface area contributed by atoms with E-state index in [2.05, 4.69) is 10.1 Å². The fourth-order valence-corrected chi connectivity index (χ4v) is 3.79. The molecule has 2 rings (SSSR count). The van der Waals surface area contributed by atoms with E-state index in [1.165, 1.54) is 19.2 Å². The number of benzene rings is 2. The zero-order valence-corrected chi connectivity index (χ0v) is 15.2. The Morgan fingerprint density at radius 2 is 1.58 bits per heavy atom. The zero-order chi connectivity index (χ0) is 19.0. The van der Waals surface area contributed by atoms with Crippen LogP contribution in [-0.2, 0) is 30.6 Å². The first kappa shape index (κ1) is 19.7. The van der Waals surface area contributed by atoms with Crippen molar-refractivity contribution in [2.45, 2.75) is 23.8 Å². The van der Waals surface area contributed by atoms with Gasteiger partial charge < -0.3 is 10.1 Å². The molecule has 0 aromatic heterocycles. The minimum Gasteiger partial charge on any atom is -0.467 e. The number of rotatable bonds is 8. The molecule has 2 aromatic rings. The summed E-state index contributed by atoms with van der Waals surface area (Å²) in [5.74, 6) is -1.32. The predicted octanol–water partition coefficient (Wildman–Crippen LogP) is 1.75. The molecule has 2 aromatic carbocycles. The largest absolute Gasteiger partial charge is 0.467 e. The van der Waals surface area contributed by atoms with E-state index in [0.29, 0.717) is 0 Å². The van der Waals surface area contributed by atoms with Gasteiger partial charge >= 0.3 is 5.97 Å². The number of nitrogens with one attached hydrogen (secondary N) is 1. The molecule has 0 saturated carbocycles. The highest BCUT2D eigenvalue weighted by Crippen LogP contribution is 2.12. The lowest BCUT2D eigenvalue weighted by molar-refractivity contribution is -0.145. The van der Waals surface area contributed by atoms with Crippen molar-refractivity contribution in [2.24, 2.45) is 0 Å². The summed E-state index contributed by atoms with van der Waals surface area (Å²) in [5, 5.41) is 2.56. The Kier molecular flexibility index (Phi) is 6.91. The van der Waals surface area contributed by atoms with Crippen molar-refractivity contribution in [1.29, 1.82) is 0 Å². The van der Waals surface area contributed by atoms with Gasteiger partial charge in [-0.1, -0.05) is 48.5 Å². The molecule has 1 atom stereocenters. The Labute approximate surface area is 153 Å². The lowest BCUT2D eigenvalue weighted by Gasteiger charge is -2.16. The molecule has 0 unspecified atom stereocenters. The van der Waals surface area contributed by atoms with Gasteiger partial charge in [-0.25, -0.2) is 13.2 Å². The fraction of sp³-hybridized carbons (Fsp3) is 0.263. The van der Waals surface area contributed by atoms with Gasteiger partial charge in [0.2, 0.25) is 5.91 Å². The minimum absolute atomic E-state index is 0.0650. The Morgan fingerprint density at radius 1 is 1.00 bits per heavy atom. The van der Waals surface area contributed by atoms with Crippen LogP contribution < -0.4 is 5.32 Å². The number of methoxy groups -OCH3 is 1. The molecule has 0 aliphatic carbocycles. The maximum absolute atomic E-state index is 12.4. The summed E-state index contributed by atoms with van der Waals surface area (Å²) in [5.41, 5.74) is 0.797. The first-order valence-electron chi connectivity index (χ1n) is 8.11. The molecule has 0 aliphatic rings. The number of hydrogen-bond acceptors (Lipinski definition) is 5. The lowest BCUT2D eigenvalue weighted by Crippen LogP contribution is -2.43. The molecule has 138 valence electrons. The molecule has 0 bridgehead atoms. The quantitative estimate of drug-likeness (QED) is 0.710. The van der Waals surface area contributed by atoms with E-state index < -0.39 is 21.8 Å². The highest BCUT2D eigenvalue weighted by molar-refractivity contribution is 7.91. The van der Waals surface area contributed by atoms with E-state index in [1.807, 2.05) is 18.2 Å². The normalized spacial score (nSPS) is 12.2. The third kappa shape index (κ3) is 5.70. The van der Waals surface area contributed by atoms with Crippen molar-refractivity contribution < 1.29 is 22.7 Å². The van der Waals surface area contributed by atoms with Crippen LogP contribution in [0.25, 0.3) is 0 Å². The fourth-order valence-electron chi connectivity index (χ4n) is 2.44. The Bertz CT molecular complexity index is 835.